The fraction of sp³-hybridized carbons (Fsp3) is 0.500. The van der Waals surface area contributed by atoms with Gasteiger partial charge in [0.25, 0.3) is 0 Å². The molecule has 1 fully saturated rings. The van der Waals surface area contributed by atoms with Gasteiger partial charge in [-0.05, 0) is 24.3 Å². The van der Waals surface area contributed by atoms with Crippen LogP contribution in [0.2, 0.25) is 0 Å². The van der Waals surface area contributed by atoms with Crippen molar-refractivity contribution in [3.63, 3.8) is 0 Å². The highest BCUT2D eigenvalue weighted by Gasteiger charge is 2.19. The largest absolute Gasteiger partial charge is 0.497 e. The van der Waals surface area contributed by atoms with Crippen LogP contribution >= 0.6 is 0 Å². The summed E-state index contributed by atoms with van der Waals surface area (Å²) in [6, 6.07) is 7.19. The number of nitrogens with one attached hydrogen (secondary N) is 1. The van der Waals surface area contributed by atoms with Crippen LogP contribution in [0.1, 0.15) is 0 Å². The molecule has 1 saturated heterocycles. The van der Waals surface area contributed by atoms with Gasteiger partial charge in [-0.15, -0.1) is 0 Å². The lowest BCUT2D eigenvalue weighted by molar-refractivity contribution is -0.124. The highest BCUT2D eigenvalue weighted by molar-refractivity contribution is 5.78. The van der Waals surface area contributed by atoms with Crippen LogP contribution in [0, 0.1) is 0 Å². The zero-order chi connectivity index (χ0) is 14.4. The predicted molar refractivity (Wildman–Crippen MR) is 73.9 cm³/mol. The first kappa shape index (κ1) is 14.6. The van der Waals surface area contributed by atoms with Crippen molar-refractivity contribution in [3.05, 3.63) is 24.3 Å². The topological polar surface area (TPSA) is 71.0 Å². The summed E-state index contributed by atoms with van der Waals surface area (Å²) in [4.78, 5) is 13.1. The van der Waals surface area contributed by atoms with E-state index < -0.39 is 6.10 Å². The Hall–Kier alpha value is -1.79. The van der Waals surface area contributed by atoms with Crippen molar-refractivity contribution in [1.29, 1.82) is 0 Å². The van der Waals surface area contributed by atoms with E-state index in [0.29, 0.717) is 25.4 Å². The van der Waals surface area contributed by atoms with Gasteiger partial charge in [0.2, 0.25) is 5.91 Å². The van der Waals surface area contributed by atoms with E-state index in [-0.39, 0.29) is 12.5 Å². The van der Waals surface area contributed by atoms with E-state index in [1.54, 1.807) is 31.4 Å². The first-order valence-corrected chi connectivity index (χ1v) is 6.61. The maximum absolute atomic E-state index is 11.2. The van der Waals surface area contributed by atoms with Crippen LogP contribution in [0.5, 0.6) is 11.5 Å². The summed E-state index contributed by atoms with van der Waals surface area (Å²) in [5.74, 6) is 1.44. The van der Waals surface area contributed by atoms with Crippen molar-refractivity contribution >= 4 is 5.91 Å². The molecule has 1 atom stereocenters. The van der Waals surface area contributed by atoms with Crippen molar-refractivity contribution in [2.75, 3.05) is 39.9 Å². The minimum absolute atomic E-state index is 0.000442. The number of amides is 1. The molecule has 20 heavy (non-hydrogen) atoms. The summed E-state index contributed by atoms with van der Waals surface area (Å²) < 4.78 is 10.6. The molecule has 1 amide bonds. The molecular formula is C14H20N2O4. The molecule has 2 N–H and O–H groups in total. The number of hydrogen-bond acceptors (Lipinski definition) is 5. The minimum Gasteiger partial charge on any atom is -0.497 e. The lowest BCUT2D eigenvalue weighted by atomic mass is 10.3. The number of carbonyl (C=O) groups is 1. The van der Waals surface area contributed by atoms with Crippen molar-refractivity contribution in [2.24, 2.45) is 0 Å². The monoisotopic (exact) mass is 280 g/mol. The number of aliphatic hydroxyl groups is 1. The fourth-order valence-electron chi connectivity index (χ4n) is 2.06. The van der Waals surface area contributed by atoms with E-state index in [1.807, 2.05) is 4.90 Å². The zero-order valence-corrected chi connectivity index (χ0v) is 11.5. The summed E-state index contributed by atoms with van der Waals surface area (Å²) in [6.45, 7) is 2.35. The molecule has 0 saturated carbocycles. The van der Waals surface area contributed by atoms with Gasteiger partial charge < -0.3 is 19.9 Å². The third kappa shape index (κ3) is 4.40. The molecule has 1 aliphatic rings. The molecular weight excluding hydrogens is 260 g/mol. The number of aliphatic hydroxyl groups excluding tert-OH is 1. The average Bonchev–Trinajstić information content (AvgIpc) is 2.46. The zero-order valence-electron chi connectivity index (χ0n) is 11.5. The maximum atomic E-state index is 11.2. The Morgan fingerprint density at radius 2 is 2.05 bits per heavy atom. The molecule has 0 unspecified atom stereocenters. The number of benzene rings is 1. The van der Waals surface area contributed by atoms with E-state index in [1.165, 1.54) is 0 Å². The smallest absolute Gasteiger partial charge is 0.234 e. The van der Waals surface area contributed by atoms with Gasteiger partial charge >= 0.3 is 0 Å². The molecule has 2 rings (SSSR count). The van der Waals surface area contributed by atoms with E-state index in [4.69, 9.17) is 9.47 Å². The number of methoxy groups -OCH3 is 1. The average molecular weight is 280 g/mol. The summed E-state index contributed by atoms with van der Waals surface area (Å²) in [7, 11) is 1.61. The normalized spacial score (nSPS) is 17.4. The number of nitrogens with zero attached hydrogens (tertiary/aromatic N) is 1. The van der Waals surface area contributed by atoms with Gasteiger partial charge in [0.15, 0.2) is 0 Å². The quantitative estimate of drug-likeness (QED) is 0.759. The van der Waals surface area contributed by atoms with Gasteiger partial charge in [0.1, 0.15) is 24.2 Å². The Kier molecular flexibility index (Phi) is 5.20. The molecule has 110 valence electrons. The molecule has 1 heterocycles. The van der Waals surface area contributed by atoms with Gasteiger partial charge in [0.05, 0.1) is 13.7 Å². The van der Waals surface area contributed by atoms with Gasteiger partial charge in [-0.25, -0.2) is 0 Å². The van der Waals surface area contributed by atoms with Crippen LogP contribution in [0.15, 0.2) is 24.3 Å². The highest BCUT2D eigenvalue weighted by Crippen LogP contribution is 2.17. The Labute approximate surface area is 118 Å². The number of β-amino-alcohol motifs (C(OH)–C–C–N with tert-alkyl or cyclic N) is 1. The van der Waals surface area contributed by atoms with Crippen molar-refractivity contribution < 1.29 is 19.4 Å². The van der Waals surface area contributed by atoms with Crippen molar-refractivity contribution in [3.8, 4) is 11.5 Å². The van der Waals surface area contributed by atoms with Crippen molar-refractivity contribution in [1.82, 2.24) is 10.2 Å². The Bertz CT molecular complexity index is 435. The van der Waals surface area contributed by atoms with Crippen molar-refractivity contribution in [2.45, 2.75) is 6.10 Å². The molecule has 0 radical (unpaired) electrons. The predicted octanol–water partition coefficient (Wildman–Crippen LogP) is -0.133. The Morgan fingerprint density at radius 3 is 2.70 bits per heavy atom. The molecule has 1 aromatic carbocycles. The Balaban J connectivity index is 1.73. The number of ether oxygens (including phenoxy) is 2. The van der Waals surface area contributed by atoms with Crippen LogP contribution < -0.4 is 14.8 Å². The number of carbonyl (C=O) groups excluding carboxylic acids is 1. The number of piperazine rings is 1. The summed E-state index contributed by atoms with van der Waals surface area (Å²) >= 11 is 0. The van der Waals surface area contributed by atoms with Gasteiger partial charge in [0, 0.05) is 19.6 Å². The highest BCUT2D eigenvalue weighted by atomic mass is 16.5. The second-order valence-corrected chi connectivity index (χ2v) is 4.73. The SMILES string of the molecule is COc1ccc(OC[C@H](O)CN2CCNC(=O)C2)cc1. The molecule has 1 aromatic rings. The van der Waals surface area contributed by atoms with Crippen LogP contribution in [0.25, 0.3) is 0 Å². The maximum Gasteiger partial charge on any atom is 0.234 e. The minimum atomic E-state index is -0.622. The number of hydrogen-bond donors (Lipinski definition) is 2. The number of rotatable bonds is 6. The van der Waals surface area contributed by atoms with E-state index >= 15 is 0 Å². The first-order chi connectivity index (χ1) is 9.67. The lowest BCUT2D eigenvalue weighted by Crippen LogP contribution is -2.50. The van der Waals surface area contributed by atoms with Gasteiger partial charge in [-0.2, -0.15) is 0 Å². The van der Waals surface area contributed by atoms with Gasteiger partial charge in [-0.1, -0.05) is 0 Å². The third-order valence-corrected chi connectivity index (χ3v) is 3.09. The molecule has 0 aliphatic carbocycles. The van der Waals surface area contributed by atoms with Gasteiger partial charge in [-0.3, -0.25) is 9.69 Å². The van der Waals surface area contributed by atoms with Crippen LogP contribution in [-0.4, -0.2) is 61.9 Å². The molecule has 0 bridgehead atoms. The third-order valence-electron chi connectivity index (χ3n) is 3.09. The fourth-order valence-corrected chi connectivity index (χ4v) is 2.06. The van der Waals surface area contributed by atoms with Crippen LogP contribution in [0.3, 0.4) is 0 Å². The summed E-state index contributed by atoms with van der Waals surface area (Å²) in [5.41, 5.74) is 0. The Morgan fingerprint density at radius 1 is 1.35 bits per heavy atom. The van der Waals surface area contributed by atoms with Crippen LogP contribution in [0.4, 0.5) is 0 Å². The molecule has 0 spiro atoms. The van der Waals surface area contributed by atoms with E-state index in [0.717, 1.165) is 12.3 Å². The molecule has 0 aromatic heterocycles. The molecule has 6 heteroatoms. The second kappa shape index (κ2) is 7.12. The second-order valence-electron chi connectivity index (χ2n) is 4.73. The van der Waals surface area contributed by atoms with E-state index in [9.17, 15) is 9.90 Å². The molecule has 6 nitrogen and oxygen atoms in total. The van der Waals surface area contributed by atoms with E-state index in [2.05, 4.69) is 5.32 Å². The standard InChI is InChI=1S/C14H20N2O4/c1-19-12-2-4-13(5-3-12)20-10-11(17)8-16-7-6-15-14(18)9-16/h2-5,11,17H,6-10H2,1H3,(H,15,18)/t11-/m1/s1. The first-order valence-electron chi connectivity index (χ1n) is 6.61. The molecule has 1 aliphatic heterocycles. The summed E-state index contributed by atoms with van der Waals surface area (Å²) in [6.07, 6.45) is -0.622. The summed E-state index contributed by atoms with van der Waals surface area (Å²) in [5, 5.41) is 12.7. The lowest BCUT2D eigenvalue weighted by Gasteiger charge is -2.28. The van der Waals surface area contributed by atoms with Crippen LogP contribution in [-0.2, 0) is 4.79 Å².